The molecule has 0 aromatic heterocycles. The molecule has 0 saturated heterocycles. The van der Waals surface area contributed by atoms with Gasteiger partial charge in [0.05, 0.1) is 0 Å². The van der Waals surface area contributed by atoms with Crippen LogP contribution in [0.5, 0.6) is 0 Å². The molecular weight excluding hydrogens is 170 g/mol. The van der Waals surface area contributed by atoms with E-state index in [2.05, 4.69) is 12.7 Å². The van der Waals surface area contributed by atoms with Crippen molar-refractivity contribution in [1.82, 2.24) is 0 Å². The minimum Gasteiger partial charge on any atom is -0.405 e. The molecule has 0 aliphatic rings. The summed E-state index contributed by atoms with van der Waals surface area (Å²) >= 11 is 0. The van der Waals surface area contributed by atoms with Gasteiger partial charge in [-0.1, -0.05) is 64.4 Å². The first-order chi connectivity index (χ1) is 7.41. The lowest BCUT2D eigenvalue weighted by Crippen LogP contribution is -1.81. The van der Waals surface area contributed by atoms with Crippen LogP contribution in [0.1, 0.15) is 71.1 Å². The van der Waals surface area contributed by atoms with Crippen molar-refractivity contribution in [2.24, 2.45) is 5.73 Å². The lowest BCUT2D eigenvalue weighted by molar-refractivity contribution is 0.566. The van der Waals surface area contributed by atoms with Gasteiger partial charge in [-0.2, -0.15) is 0 Å². The Kier molecular flexibility index (Phi) is 10.4. The summed E-state index contributed by atoms with van der Waals surface area (Å²) in [5.74, 6) is 0. The van der Waals surface area contributed by atoms with Crippen LogP contribution < -0.4 is 5.73 Å². The maximum atomic E-state index is 6.69. The Morgan fingerprint density at radius 2 is 1.50 bits per heavy atom. The maximum Gasteiger partial charge on any atom is 0.156 e. The third kappa shape index (κ3) is 11.5. The van der Waals surface area contributed by atoms with E-state index in [-0.39, 0.29) is 0 Å². The molecule has 84 valence electrons. The first-order valence-electron chi connectivity index (χ1n) is 6.74. The van der Waals surface area contributed by atoms with E-state index >= 15 is 0 Å². The predicted octanol–water partition coefficient (Wildman–Crippen LogP) is 4.38. The minimum absolute atomic E-state index is 1.11. The molecule has 0 bridgehead atoms. The molecule has 0 atom stereocenters. The van der Waals surface area contributed by atoms with Gasteiger partial charge in [0, 0.05) is 0 Å². The van der Waals surface area contributed by atoms with Gasteiger partial charge in [-0.25, -0.2) is 0 Å². The van der Waals surface area contributed by atoms with E-state index in [0.29, 0.717) is 0 Å². The molecule has 0 aliphatic carbocycles. The number of hydrogen-bond donors (Lipinski definition) is 1. The van der Waals surface area contributed by atoms with Crippen LogP contribution in [0.3, 0.4) is 0 Å². The highest BCUT2D eigenvalue weighted by Gasteiger charge is 1.90. The lowest BCUT2D eigenvalue weighted by atomic mass is 10.1. The molecule has 0 saturated carbocycles. The average molecular weight is 198 g/mol. The van der Waals surface area contributed by atoms with Crippen molar-refractivity contribution in [1.29, 1.82) is 0 Å². The van der Waals surface area contributed by atoms with Crippen LogP contribution in [0.2, 0.25) is 1.41 Å². The Bertz CT molecular complexity index is 134. The monoisotopic (exact) mass is 198 g/mol. The van der Waals surface area contributed by atoms with Crippen molar-refractivity contribution in [2.45, 2.75) is 71.1 Å². The third-order valence-corrected chi connectivity index (χ3v) is 2.59. The quantitative estimate of drug-likeness (QED) is 0.490. The molecule has 1 nitrogen and oxygen atoms in total. The highest BCUT2D eigenvalue weighted by molar-refractivity contribution is 4.74. The van der Waals surface area contributed by atoms with Crippen LogP contribution in [-0.4, -0.2) is 0 Å². The molecule has 0 unspecified atom stereocenters. The zero-order valence-corrected chi connectivity index (χ0v) is 9.73. The minimum atomic E-state index is 1.11. The summed E-state index contributed by atoms with van der Waals surface area (Å²) < 4.78 is 6.69. The number of hydrogen-bond acceptors (Lipinski definition) is 1. The second-order valence-corrected chi connectivity index (χ2v) is 4.02. The smallest absolute Gasteiger partial charge is 0.156 e. The topological polar surface area (TPSA) is 26.0 Å². The average Bonchev–Trinajstić information content (AvgIpc) is 2.26. The molecule has 0 heterocycles. The number of allylic oxidation sites excluding steroid dienone is 1. The van der Waals surface area contributed by atoms with E-state index < -0.39 is 0 Å². The number of nitrogens with two attached hydrogens (primary N) is 1. The van der Waals surface area contributed by atoms with Crippen LogP contribution in [0.4, 0.5) is 0 Å². The van der Waals surface area contributed by atoms with Crippen LogP contribution in [0.25, 0.3) is 0 Å². The normalized spacial score (nSPS) is 11.9. The van der Waals surface area contributed by atoms with Crippen molar-refractivity contribution in [3.63, 3.8) is 0 Å². The standard InChI is InChI=1S/C13H27N/c1-2-3-4-5-6-7-8-9-10-11-12-13-14/h12-13H,2-11,14H2,1H3/i/hD. The Labute approximate surface area is 91.2 Å². The molecular formula is C13H27N. The summed E-state index contributed by atoms with van der Waals surface area (Å²) in [6, 6.07) is 0. The van der Waals surface area contributed by atoms with Crippen LogP contribution in [-0.2, 0) is 0 Å². The Morgan fingerprint density at radius 1 is 0.929 bits per heavy atom. The predicted molar refractivity (Wildman–Crippen MR) is 65.2 cm³/mol. The van der Waals surface area contributed by atoms with Gasteiger partial charge in [0.25, 0.3) is 0 Å². The van der Waals surface area contributed by atoms with E-state index in [4.69, 9.17) is 1.41 Å². The van der Waals surface area contributed by atoms with Crippen molar-refractivity contribution in [3.05, 3.63) is 12.3 Å². The summed E-state index contributed by atoms with van der Waals surface area (Å²) in [5.41, 5.74) is 2.27. The molecule has 1 heteroatoms. The van der Waals surface area contributed by atoms with Crippen LogP contribution in [0.15, 0.2) is 12.3 Å². The largest absolute Gasteiger partial charge is 0.405 e. The van der Waals surface area contributed by atoms with Gasteiger partial charge in [0.2, 0.25) is 0 Å². The zero-order chi connectivity index (χ0) is 11.2. The molecule has 0 spiro atoms. The Balaban J connectivity index is 2.89. The van der Waals surface area contributed by atoms with Gasteiger partial charge in [-0.05, 0) is 19.0 Å². The Hall–Kier alpha value is -0.460. The molecule has 2 N–H and O–H groups in total. The molecule has 0 aliphatic heterocycles. The Morgan fingerprint density at radius 3 is 2.07 bits per heavy atom. The van der Waals surface area contributed by atoms with Gasteiger partial charge < -0.3 is 5.73 Å². The van der Waals surface area contributed by atoms with E-state index in [1.54, 1.807) is 6.20 Å². The first kappa shape index (κ1) is 11.6. The fourth-order valence-electron chi connectivity index (χ4n) is 1.66. The SMILES string of the molecule is [2H]NC=CCCCCCCCCCCC. The van der Waals surface area contributed by atoms with Crippen LogP contribution >= 0.6 is 0 Å². The molecule has 14 heavy (non-hydrogen) atoms. The van der Waals surface area contributed by atoms with Crippen molar-refractivity contribution < 1.29 is 1.41 Å². The maximum absolute atomic E-state index is 6.69. The van der Waals surface area contributed by atoms with Crippen molar-refractivity contribution >= 4 is 0 Å². The zero-order valence-electron chi connectivity index (χ0n) is 10.7. The highest BCUT2D eigenvalue weighted by Crippen LogP contribution is 2.10. The second kappa shape index (κ2) is 12.5. The van der Waals surface area contributed by atoms with E-state index in [1.165, 1.54) is 57.8 Å². The van der Waals surface area contributed by atoms with E-state index in [9.17, 15) is 0 Å². The highest BCUT2D eigenvalue weighted by atomic mass is 14.5. The summed E-state index contributed by atoms with van der Waals surface area (Å²) in [7, 11) is 0. The fraction of sp³-hybridized carbons (Fsp3) is 0.846. The summed E-state index contributed by atoms with van der Waals surface area (Å²) in [6.07, 6.45) is 17.3. The lowest BCUT2D eigenvalue weighted by Gasteiger charge is -2.00. The van der Waals surface area contributed by atoms with Gasteiger partial charge in [-0.3, -0.25) is 0 Å². The third-order valence-electron chi connectivity index (χ3n) is 2.59. The number of unbranched alkanes of at least 4 members (excludes halogenated alkanes) is 9. The van der Waals surface area contributed by atoms with Gasteiger partial charge in [0.15, 0.2) is 1.41 Å². The molecule has 0 rings (SSSR count). The summed E-state index contributed by atoms with van der Waals surface area (Å²) in [6.45, 7) is 2.26. The van der Waals surface area contributed by atoms with Gasteiger partial charge in [0.1, 0.15) is 0 Å². The number of rotatable bonds is 11. The molecule has 0 aromatic carbocycles. The molecule has 0 fully saturated rings. The molecule has 0 radical (unpaired) electrons. The van der Waals surface area contributed by atoms with E-state index in [1.807, 2.05) is 6.08 Å². The van der Waals surface area contributed by atoms with Crippen LogP contribution in [0, 0.1) is 0 Å². The molecule has 0 amide bonds. The van der Waals surface area contributed by atoms with E-state index in [0.717, 1.165) is 6.42 Å². The van der Waals surface area contributed by atoms with Gasteiger partial charge in [-0.15, -0.1) is 0 Å². The second-order valence-electron chi connectivity index (χ2n) is 4.02. The summed E-state index contributed by atoms with van der Waals surface area (Å²) in [4.78, 5) is 0. The molecule has 0 aromatic rings. The fourth-order valence-corrected chi connectivity index (χ4v) is 1.66. The van der Waals surface area contributed by atoms with Crippen molar-refractivity contribution in [2.75, 3.05) is 0 Å². The summed E-state index contributed by atoms with van der Waals surface area (Å²) in [5, 5.41) is 0. The van der Waals surface area contributed by atoms with Crippen molar-refractivity contribution in [3.8, 4) is 0 Å². The first-order valence-corrected chi connectivity index (χ1v) is 6.24. The van der Waals surface area contributed by atoms with Gasteiger partial charge >= 0.3 is 0 Å².